The molecule has 3 nitrogen and oxygen atoms in total. The Morgan fingerprint density at radius 2 is 2.00 bits per heavy atom. The molecule has 4 heteroatoms. The molecule has 2 atom stereocenters. The maximum Gasteiger partial charge on any atom is 0.153 e. The highest BCUT2D eigenvalue weighted by atomic mass is 32.2. The van der Waals surface area contributed by atoms with Gasteiger partial charge in [-0.15, -0.1) is 0 Å². The molecule has 0 heterocycles. The lowest BCUT2D eigenvalue weighted by Gasteiger charge is -2.07. The van der Waals surface area contributed by atoms with Crippen molar-refractivity contribution in [2.75, 3.05) is 12.3 Å². The highest BCUT2D eigenvalue weighted by Crippen LogP contribution is 2.28. The van der Waals surface area contributed by atoms with E-state index in [0.717, 1.165) is 5.92 Å². The van der Waals surface area contributed by atoms with Crippen molar-refractivity contribution in [1.82, 2.24) is 5.32 Å². The summed E-state index contributed by atoms with van der Waals surface area (Å²) in [6, 6.07) is 0.572. The van der Waals surface area contributed by atoms with Crippen LogP contribution in [0.25, 0.3) is 0 Å². The Kier molecular flexibility index (Phi) is 3.35. The van der Waals surface area contributed by atoms with E-state index in [9.17, 15) is 8.42 Å². The first-order valence-corrected chi connectivity index (χ1v) is 6.60. The number of nitrogens with one attached hydrogen (secondary N) is 1. The molecule has 0 radical (unpaired) electrons. The monoisotopic (exact) mass is 205 g/mol. The maximum absolute atomic E-state index is 11.4. The van der Waals surface area contributed by atoms with Crippen molar-refractivity contribution >= 4 is 9.84 Å². The first kappa shape index (κ1) is 11.0. The zero-order valence-electron chi connectivity index (χ0n) is 8.58. The molecule has 1 aliphatic rings. The third-order valence-corrected chi connectivity index (χ3v) is 4.83. The Bertz CT molecular complexity index is 259. The molecule has 0 amide bonds. The summed E-state index contributed by atoms with van der Waals surface area (Å²) in [4.78, 5) is 0. The van der Waals surface area contributed by atoms with E-state index in [-0.39, 0.29) is 11.0 Å². The molecule has 1 N–H and O–H groups in total. The van der Waals surface area contributed by atoms with Crippen LogP contribution in [0.5, 0.6) is 0 Å². The molecule has 78 valence electrons. The van der Waals surface area contributed by atoms with Crippen molar-refractivity contribution in [2.45, 2.75) is 38.5 Å². The van der Waals surface area contributed by atoms with Gasteiger partial charge in [-0.25, -0.2) is 8.42 Å². The third-order valence-electron chi connectivity index (χ3n) is 2.62. The van der Waals surface area contributed by atoms with E-state index in [4.69, 9.17) is 0 Å². The Morgan fingerprint density at radius 1 is 1.46 bits per heavy atom. The van der Waals surface area contributed by atoms with Crippen molar-refractivity contribution in [2.24, 2.45) is 5.92 Å². The number of sulfone groups is 1. The minimum Gasteiger partial charge on any atom is -0.313 e. The van der Waals surface area contributed by atoms with Gasteiger partial charge in [0.15, 0.2) is 9.84 Å². The van der Waals surface area contributed by atoms with E-state index >= 15 is 0 Å². The fraction of sp³-hybridized carbons (Fsp3) is 1.00. The van der Waals surface area contributed by atoms with Gasteiger partial charge in [0.2, 0.25) is 0 Å². The van der Waals surface area contributed by atoms with Crippen LogP contribution in [0.15, 0.2) is 0 Å². The summed E-state index contributed by atoms with van der Waals surface area (Å²) >= 11 is 0. The number of rotatable bonds is 5. The summed E-state index contributed by atoms with van der Waals surface area (Å²) in [5.41, 5.74) is 0. The van der Waals surface area contributed by atoms with Crippen LogP contribution in [0.2, 0.25) is 0 Å². The van der Waals surface area contributed by atoms with E-state index in [0.29, 0.717) is 12.6 Å². The van der Waals surface area contributed by atoms with E-state index in [1.165, 1.54) is 6.42 Å². The molecule has 13 heavy (non-hydrogen) atoms. The predicted molar refractivity (Wildman–Crippen MR) is 54.5 cm³/mol. The summed E-state index contributed by atoms with van der Waals surface area (Å²) in [6.07, 6.45) is 1.20. The maximum atomic E-state index is 11.4. The molecule has 1 fully saturated rings. The summed E-state index contributed by atoms with van der Waals surface area (Å²) in [5, 5.41) is 2.99. The average molecular weight is 205 g/mol. The van der Waals surface area contributed by atoms with Gasteiger partial charge in [-0.3, -0.25) is 0 Å². The molecular formula is C9H19NO2S. The first-order valence-electron chi connectivity index (χ1n) is 4.88. The normalized spacial score (nSPS) is 28.0. The van der Waals surface area contributed by atoms with E-state index in [1.807, 2.05) is 0 Å². The van der Waals surface area contributed by atoms with Gasteiger partial charge < -0.3 is 5.32 Å². The van der Waals surface area contributed by atoms with E-state index in [1.54, 1.807) is 13.8 Å². The van der Waals surface area contributed by atoms with Crippen molar-refractivity contribution in [3.8, 4) is 0 Å². The van der Waals surface area contributed by atoms with Crippen LogP contribution in [0, 0.1) is 5.92 Å². The zero-order chi connectivity index (χ0) is 10.1. The molecule has 1 aliphatic carbocycles. The molecule has 1 rings (SSSR count). The van der Waals surface area contributed by atoms with Gasteiger partial charge in [0.1, 0.15) is 0 Å². The summed E-state index contributed by atoms with van der Waals surface area (Å²) in [5.74, 6) is 1.01. The molecule has 0 aromatic rings. The lowest BCUT2D eigenvalue weighted by atomic mass is 10.5. The van der Waals surface area contributed by atoms with Crippen LogP contribution in [-0.4, -0.2) is 32.0 Å². The molecule has 0 aromatic carbocycles. The second-order valence-electron chi connectivity index (χ2n) is 4.19. The topological polar surface area (TPSA) is 46.2 Å². The smallest absolute Gasteiger partial charge is 0.153 e. The van der Waals surface area contributed by atoms with Gasteiger partial charge in [0.25, 0.3) is 0 Å². The van der Waals surface area contributed by atoms with Crippen LogP contribution >= 0.6 is 0 Å². The lowest BCUT2D eigenvalue weighted by Crippen LogP contribution is -2.29. The first-order chi connectivity index (χ1) is 5.93. The van der Waals surface area contributed by atoms with Gasteiger partial charge >= 0.3 is 0 Å². The highest BCUT2D eigenvalue weighted by molar-refractivity contribution is 7.92. The van der Waals surface area contributed by atoms with E-state index in [2.05, 4.69) is 12.2 Å². The standard InChI is InChI=1S/C9H19NO2S/c1-7(2)13(11,12)5-4-10-9-6-8(9)3/h7-10H,4-6H2,1-3H3. The van der Waals surface area contributed by atoms with Crippen LogP contribution in [0.3, 0.4) is 0 Å². The van der Waals surface area contributed by atoms with E-state index < -0.39 is 9.84 Å². The predicted octanol–water partition coefficient (Wildman–Crippen LogP) is 0.808. The van der Waals surface area contributed by atoms with Gasteiger partial charge in [0.05, 0.1) is 11.0 Å². The van der Waals surface area contributed by atoms with Gasteiger partial charge in [-0.1, -0.05) is 6.92 Å². The second-order valence-corrected chi connectivity index (χ2v) is 6.87. The fourth-order valence-electron chi connectivity index (χ4n) is 1.23. The van der Waals surface area contributed by atoms with Crippen LogP contribution in [0.4, 0.5) is 0 Å². The molecule has 1 saturated carbocycles. The zero-order valence-corrected chi connectivity index (χ0v) is 9.39. The highest BCUT2D eigenvalue weighted by Gasteiger charge is 2.31. The molecular weight excluding hydrogens is 186 g/mol. The molecule has 0 aliphatic heterocycles. The van der Waals surface area contributed by atoms with Crippen molar-refractivity contribution < 1.29 is 8.42 Å². The molecule has 0 aromatic heterocycles. The molecule has 0 saturated heterocycles. The molecule has 2 unspecified atom stereocenters. The van der Waals surface area contributed by atoms with Gasteiger partial charge in [-0.2, -0.15) is 0 Å². The molecule has 0 bridgehead atoms. The fourth-order valence-corrected chi connectivity index (χ4v) is 2.10. The lowest BCUT2D eigenvalue weighted by molar-refractivity contribution is 0.580. The Balaban J connectivity index is 2.19. The van der Waals surface area contributed by atoms with Crippen LogP contribution < -0.4 is 5.32 Å². The summed E-state index contributed by atoms with van der Waals surface area (Å²) in [6.45, 7) is 6.24. The minimum atomic E-state index is -2.85. The average Bonchev–Trinajstić information content (AvgIpc) is 2.66. The largest absolute Gasteiger partial charge is 0.313 e. The Hall–Kier alpha value is -0.0900. The van der Waals surface area contributed by atoms with Gasteiger partial charge in [0, 0.05) is 12.6 Å². The Morgan fingerprint density at radius 3 is 2.38 bits per heavy atom. The van der Waals surface area contributed by atoms with Gasteiger partial charge in [-0.05, 0) is 26.2 Å². The number of hydrogen-bond donors (Lipinski definition) is 1. The minimum absolute atomic E-state index is 0.245. The van der Waals surface area contributed by atoms with Crippen LogP contribution in [0.1, 0.15) is 27.2 Å². The third kappa shape index (κ3) is 3.27. The SMILES string of the molecule is CC1CC1NCCS(=O)(=O)C(C)C. The van der Waals surface area contributed by atoms with Crippen molar-refractivity contribution in [3.63, 3.8) is 0 Å². The molecule has 0 spiro atoms. The van der Waals surface area contributed by atoms with Crippen LogP contribution in [-0.2, 0) is 9.84 Å². The Labute approximate surface area is 80.8 Å². The quantitative estimate of drug-likeness (QED) is 0.722. The van der Waals surface area contributed by atoms with Crippen molar-refractivity contribution in [1.29, 1.82) is 0 Å². The van der Waals surface area contributed by atoms with Crippen molar-refractivity contribution in [3.05, 3.63) is 0 Å². The number of hydrogen-bond acceptors (Lipinski definition) is 3. The summed E-state index contributed by atoms with van der Waals surface area (Å²) in [7, 11) is -2.85. The summed E-state index contributed by atoms with van der Waals surface area (Å²) < 4.78 is 22.7. The second kappa shape index (κ2) is 3.96.